The first kappa shape index (κ1) is 9.95. The summed E-state index contributed by atoms with van der Waals surface area (Å²) in [6.07, 6.45) is 0. The minimum atomic E-state index is -0.0342. The van der Waals surface area contributed by atoms with Gasteiger partial charge < -0.3 is 0 Å². The Morgan fingerprint density at radius 3 is 2.54 bits per heavy atom. The Labute approximate surface area is 83.1 Å². The molecule has 1 rings (SSSR count). The number of rotatable bonds is 3. The second-order valence-electron chi connectivity index (χ2n) is 2.35. The Bertz CT molecular complexity index is 276. The molecule has 0 amide bonds. The summed E-state index contributed by atoms with van der Waals surface area (Å²) in [7, 11) is 0. The number of hydrogen-bond acceptors (Lipinski definition) is 2. The fourth-order valence-electron chi connectivity index (χ4n) is 0.943. The van der Waals surface area contributed by atoms with E-state index in [1.165, 1.54) is 5.06 Å². The fourth-order valence-corrected chi connectivity index (χ4v) is 1.10. The zero-order valence-electron chi connectivity index (χ0n) is 7.36. The Balaban J connectivity index is 2.82. The van der Waals surface area contributed by atoms with E-state index in [0.717, 1.165) is 5.69 Å². The average Bonchev–Trinajstić information content (AvgIpc) is 2.15. The van der Waals surface area contributed by atoms with Crippen molar-refractivity contribution in [3.63, 3.8) is 0 Å². The molecular weight excluding hydrogens is 184 g/mol. The molecule has 0 atom stereocenters. The summed E-state index contributed by atoms with van der Waals surface area (Å²) >= 11 is 4.73. The molecule has 0 saturated carbocycles. The highest BCUT2D eigenvalue weighted by Gasteiger charge is 2.08. The van der Waals surface area contributed by atoms with Crippen LogP contribution >= 0.6 is 12.2 Å². The summed E-state index contributed by atoms with van der Waals surface area (Å²) in [4.78, 5) is 5.19. The van der Waals surface area contributed by atoms with E-state index < -0.39 is 0 Å². The van der Waals surface area contributed by atoms with Gasteiger partial charge in [-0.05, 0) is 31.3 Å². The predicted octanol–water partition coefficient (Wildman–Crippen LogP) is 2.01. The van der Waals surface area contributed by atoms with Gasteiger partial charge in [-0.2, -0.15) is 5.06 Å². The van der Waals surface area contributed by atoms with E-state index in [-0.39, 0.29) is 5.11 Å². The van der Waals surface area contributed by atoms with Crippen molar-refractivity contribution in [2.45, 2.75) is 6.92 Å². The largest absolute Gasteiger partial charge is 0.273 e. The predicted molar refractivity (Wildman–Crippen MR) is 56.2 cm³/mol. The maximum Gasteiger partial charge on any atom is 0.217 e. The molecule has 0 heterocycles. The van der Waals surface area contributed by atoms with Crippen LogP contribution in [0.4, 0.5) is 5.69 Å². The summed E-state index contributed by atoms with van der Waals surface area (Å²) in [5.74, 6) is 0. The van der Waals surface area contributed by atoms with Gasteiger partial charge in [-0.25, -0.2) is 0 Å². The van der Waals surface area contributed by atoms with Crippen molar-refractivity contribution in [1.82, 2.24) is 5.73 Å². The van der Waals surface area contributed by atoms with E-state index in [0.29, 0.717) is 6.61 Å². The van der Waals surface area contributed by atoms with E-state index in [2.05, 4.69) is 0 Å². The summed E-state index contributed by atoms with van der Waals surface area (Å²) in [6, 6.07) is 9.34. The van der Waals surface area contributed by atoms with Gasteiger partial charge in [-0.1, -0.05) is 18.2 Å². The van der Waals surface area contributed by atoms with Gasteiger partial charge in [0.2, 0.25) is 5.11 Å². The number of hydrogen-bond donors (Lipinski definition) is 0. The minimum absolute atomic E-state index is 0.0342. The SMILES string of the molecule is CCON(C([NH])=S)c1ccccc1. The van der Waals surface area contributed by atoms with Crippen molar-refractivity contribution in [2.75, 3.05) is 11.7 Å². The third-order valence-corrected chi connectivity index (χ3v) is 1.60. The molecule has 0 saturated heterocycles. The van der Waals surface area contributed by atoms with Crippen LogP contribution in [0, 0.1) is 0 Å². The lowest BCUT2D eigenvalue weighted by atomic mass is 10.3. The van der Waals surface area contributed by atoms with Gasteiger partial charge in [0.05, 0.1) is 12.3 Å². The van der Waals surface area contributed by atoms with E-state index in [9.17, 15) is 0 Å². The molecule has 69 valence electrons. The number of nitrogens with zero attached hydrogens (tertiary/aromatic N) is 1. The van der Waals surface area contributed by atoms with Crippen molar-refractivity contribution in [3.8, 4) is 0 Å². The second-order valence-corrected chi connectivity index (χ2v) is 2.74. The van der Waals surface area contributed by atoms with Crippen LogP contribution in [0.1, 0.15) is 6.92 Å². The summed E-state index contributed by atoms with van der Waals surface area (Å²) < 4.78 is 0. The molecule has 3 nitrogen and oxygen atoms in total. The molecule has 0 aliphatic heterocycles. The molecule has 4 heteroatoms. The van der Waals surface area contributed by atoms with Gasteiger partial charge in [-0.15, -0.1) is 0 Å². The first-order chi connectivity index (χ1) is 6.25. The van der Waals surface area contributed by atoms with Crippen molar-refractivity contribution in [3.05, 3.63) is 30.3 Å². The highest BCUT2D eigenvalue weighted by molar-refractivity contribution is 7.80. The van der Waals surface area contributed by atoms with Crippen molar-refractivity contribution < 1.29 is 4.84 Å². The molecule has 13 heavy (non-hydrogen) atoms. The number of anilines is 1. The van der Waals surface area contributed by atoms with E-state index in [4.69, 9.17) is 22.8 Å². The summed E-state index contributed by atoms with van der Waals surface area (Å²) in [5.41, 5.74) is 8.09. The van der Waals surface area contributed by atoms with Crippen molar-refractivity contribution >= 4 is 23.0 Å². The summed E-state index contributed by atoms with van der Waals surface area (Å²) in [5, 5.41) is 1.29. The number of hydroxylamine groups is 1. The molecule has 0 spiro atoms. The number of thiocarbonyl (C=S) groups is 1. The Morgan fingerprint density at radius 2 is 2.08 bits per heavy atom. The lowest BCUT2D eigenvalue weighted by Crippen LogP contribution is -2.30. The smallest absolute Gasteiger partial charge is 0.217 e. The van der Waals surface area contributed by atoms with Crippen molar-refractivity contribution in [2.24, 2.45) is 0 Å². The zero-order chi connectivity index (χ0) is 9.68. The average molecular weight is 195 g/mol. The van der Waals surface area contributed by atoms with Crippen LogP contribution < -0.4 is 10.8 Å². The molecule has 0 aromatic heterocycles. The zero-order valence-corrected chi connectivity index (χ0v) is 8.17. The van der Waals surface area contributed by atoms with Crippen LogP contribution in [0.5, 0.6) is 0 Å². The Hall–Kier alpha value is -1.13. The van der Waals surface area contributed by atoms with E-state index >= 15 is 0 Å². The topological polar surface area (TPSA) is 36.3 Å². The molecular formula is C9H11N2OS. The second kappa shape index (κ2) is 4.79. The molecule has 0 aliphatic rings. The number of benzene rings is 1. The van der Waals surface area contributed by atoms with Gasteiger partial charge in [0, 0.05) is 0 Å². The normalized spacial score (nSPS) is 9.62. The lowest BCUT2D eigenvalue weighted by molar-refractivity contribution is 0.157. The lowest BCUT2D eigenvalue weighted by Gasteiger charge is -2.19. The monoisotopic (exact) mass is 195 g/mol. The van der Waals surface area contributed by atoms with Crippen LogP contribution in [-0.2, 0) is 4.84 Å². The van der Waals surface area contributed by atoms with Gasteiger partial charge in [0.25, 0.3) is 0 Å². The summed E-state index contributed by atoms with van der Waals surface area (Å²) in [6.45, 7) is 2.35. The van der Waals surface area contributed by atoms with Crippen LogP contribution in [-0.4, -0.2) is 11.7 Å². The van der Waals surface area contributed by atoms with Gasteiger partial charge in [0.1, 0.15) is 0 Å². The van der Waals surface area contributed by atoms with Crippen LogP contribution in [0.3, 0.4) is 0 Å². The molecule has 1 radical (unpaired) electrons. The Kier molecular flexibility index (Phi) is 3.67. The van der Waals surface area contributed by atoms with Crippen LogP contribution in [0.2, 0.25) is 0 Å². The van der Waals surface area contributed by atoms with E-state index in [1.807, 2.05) is 37.3 Å². The first-order valence-corrected chi connectivity index (χ1v) is 4.40. The number of nitrogens with one attached hydrogen (secondary N) is 1. The molecule has 0 bridgehead atoms. The standard InChI is InChI=1S/C9H11N2OS/c1-2-12-11(9(10)13)8-6-4-3-5-7-8/h3-7,10H,2H2,1H3. The maximum atomic E-state index is 7.31. The molecule has 1 aromatic rings. The quantitative estimate of drug-likeness (QED) is 0.547. The van der Waals surface area contributed by atoms with Gasteiger partial charge in [-0.3, -0.25) is 10.6 Å². The highest BCUT2D eigenvalue weighted by atomic mass is 32.1. The van der Waals surface area contributed by atoms with Gasteiger partial charge in [0.15, 0.2) is 0 Å². The molecule has 0 aliphatic carbocycles. The van der Waals surface area contributed by atoms with Crippen LogP contribution in [0.25, 0.3) is 0 Å². The highest BCUT2D eigenvalue weighted by Crippen LogP contribution is 2.13. The fraction of sp³-hybridized carbons (Fsp3) is 0.222. The third-order valence-electron chi connectivity index (χ3n) is 1.43. The van der Waals surface area contributed by atoms with Crippen molar-refractivity contribution in [1.29, 1.82) is 0 Å². The molecule has 1 N–H and O–H groups in total. The minimum Gasteiger partial charge on any atom is -0.273 e. The first-order valence-electron chi connectivity index (χ1n) is 3.99. The maximum absolute atomic E-state index is 7.31. The van der Waals surface area contributed by atoms with Crippen LogP contribution in [0.15, 0.2) is 30.3 Å². The molecule has 0 fully saturated rings. The molecule has 1 aromatic carbocycles. The third kappa shape index (κ3) is 2.68. The Morgan fingerprint density at radius 1 is 1.46 bits per heavy atom. The van der Waals surface area contributed by atoms with Gasteiger partial charge >= 0.3 is 0 Å². The van der Waals surface area contributed by atoms with E-state index in [1.54, 1.807) is 0 Å². The number of para-hydroxylation sites is 1. The molecule has 0 unspecified atom stereocenters.